The zero-order valence-corrected chi connectivity index (χ0v) is 42.7. The van der Waals surface area contributed by atoms with Crippen molar-refractivity contribution in [2.24, 2.45) is 0 Å². The van der Waals surface area contributed by atoms with Gasteiger partial charge in [-0.15, -0.1) is 0 Å². The van der Waals surface area contributed by atoms with Gasteiger partial charge in [0.05, 0.1) is 0 Å². The molecule has 0 amide bonds. The number of esters is 3. The Bertz CT molecular complexity index is 1370. The first kappa shape index (κ1) is 62.1. The molecule has 66 heavy (non-hydrogen) atoms. The number of hydrogen-bond acceptors (Lipinski definition) is 6. The van der Waals surface area contributed by atoms with E-state index in [-0.39, 0.29) is 31.1 Å². The van der Waals surface area contributed by atoms with Gasteiger partial charge < -0.3 is 14.2 Å². The summed E-state index contributed by atoms with van der Waals surface area (Å²) in [6.07, 6.45) is 72.2. The number of unbranched alkanes of at least 4 members (excludes halogenated alkanes) is 18. The fraction of sp³-hybridized carbons (Fsp3) is 0.650. The van der Waals surface area contributed by atoms with E-state index in [0.717, 1.165) is 128 Å². The molecule has 0 fully saturated rings. The molecule has 0 spiro atoms. The molecule has 0 heterocycles. The van der Waals surface area contributed by atoms with E-state index in [2.05, 4.69) is 130 Å². The maximum absolute atomic E-state index is 12.8. The van der Waals surface area contributed by atoms with Gasteiger partial charge in [0.2, 0.25) is 0 Å². The van der Waals surface area contributed by atoms with Crippen molar-refractivity contribution in [3.63, 3.8) is 0 Å². The Labute approximate surface area is 406 Å². The molecule has 0 aromatic heterocycles. The summed E-state index contributed by atoms with van der Waals surface area (Å²) in [7, 11) is 0. The lowest BCUT2D eigenvalue weighted by Gasteiger charge is -2.18. The third kappa shape index (κ3) is 51.1. The van der Waals surface area contributed by atoms with Crippen LogP contribution in [0.1, 0.15) is 233 Å². The number of carbonyl (C=O) groups is 3. The van der Waals surface area contributed by atoms with Gasteiger partial charge in [0, 0.05) is 19.3 Å². The molecule has 1 atom stereocenters. The van der Waals surface area contributed by atoms with Crippen LogP contribution >= 0.6 is 0 Å². The first-order valence-corrected chi connectivity index (χ1v) is 26.9. The summed E-state index contributed by atoms with van der Waals surface area (Å²) in [5.41, 5.74) is 0. The molecule has 0 N–H and O–H groups in total. The van der Waals surface area contributed by atoms with Crippen LogP contribution < -0.4 is 0 Å². The van der Waals surface area contributed by atoms with E-state index in [1.807, 2.05) is 0 Å². The minimum absolute atomic E-state index is 0.0992. The fourth-order valence-corrected chi connectivity index (χ4v) is 7.05. The molecule has 0 saturated heterocycles. The van der Waals surface area contributed by atoms with E-state index in [1.54, 1.807) is 0 Å². The Morgan fingerprint density at radius 3 is 0.955 bits per heavy atom. The predicted octanol–water partition coefficient (Wildman–Crippen LogP) is 17.9. The van der Waals surface area contributed by atoms with Gasteiger partial charge in [0.1, 0.15) is 13.2 Å². The van der Waals surface area contributed by atoms with E-state index >= 15 is 0 Å². The van der Waals surface area contributed by atoms with Crippen molar-refractivity contribution in [1.29, 1.82) is 0 Å². The van der Waals surface area contributed by atoms with Crippen molar-refractivity contribution in [1.82, 2.24) is 0 Å². The van der Waals surface area contributed by atoms with Crippen molar-refractivity contribution in [2.45, 2.75) is 239 Å². The average Bonchev–Trinajstić information content (AvgIpc) is 3.31. The number of hydrogen-bond donors (Lipinski definition) is 0. The largest absolute Gasteiger partial charge is 0.462 e. The highest BCUT2D eigenvalue weighted by atomic mass is 16.6. The van der Waals surface area contributed by atoms with E-state index in [4.69, 9.17) is 14.2 Å². The van der Waals surface area contributed by atoms with Gasteiger partial charge in [-0.05, 0) is 103 Å². The molecular weight excluding hydrogens is 817 g/mol. The van der Waals surface area contributed by atoms with E-state index in [0.29, 0.717) is 25.7 Å². The second-order valence-corrected chi connectivity index (χ2v) is 17.4. The summed E-state index contributed by atoms with van der Waals surface area (Å²) in [5.74, 6) is -0.964. The zero-order chi connectivity index (χ0) is 47.9. The summed E-state index contributed by atoms with van der Waals surface area (Å²) < 4.78 is 16.8. The molecule has 0 aliphatic heterocycles. The number of carbonyl (C=O) groups excluding carboxylic acids is 3. The van der Waals surface area contributed by atoms with Crippen molar-refractivity contribution < 1.29 is 28.6 Å². The molecule has 0 bridgehead atoms. The van der Waals surface area contributed by atoms with Gasteiger partial charge in [-0.25, -0.2) is 0 Å². The van der Waals surface area contributed by atoms with Gasteiger partial charge in [0.15, 0.2) is 6.10 Å². The lowest BCUT2D eigenvalue weighted by molar-refractivity contribution is -0.167. The minimum atomic E-state index is -0.805. The van der Waals surface area contributed by atoms with Crippen LogP contribution in [0.15, 0.2) is 109 Å². The molecule has 0 aliphatic carbocycles. The van der Waals surface area contributed by atoms with Crippen molar-refractivity contribution in [3.8, 4) is 0 Å². The van der Waals surface area contributed by atoms with Crippen LogP contribution in [0.25, 0.3) is 0 Å². The van der Waals surface area contributed by atoms with Crippen LogP contribution in [0.4, 0.5) is 0 Å². The van der Waals surface area contributed by atoms with Crippen molar-refractivity contribution in [3.05, 3.63) is 109 Å². The van der Waals surface area contributed by atoms with Gasteiger partial charge >= 0.3 is 17.9 Å². The molecule has 0 saturated carbocycles. The Hall–Kier alpha value is -3.93. The number of allylic oxidation sites excluding steroid dienone is 18. The normalized spacial score (nSPS) is 13.0. The second kappa shape index (κ2) is 53.7. The van der Waals surface area contributed by atoms with Crippen molar-refractivity contribution in [2.75, 3.05) is 13.2 Å². The maximum Gasteiger partial charge on any atom is 0.306 e. The number of ether oxygens (including phenoxy) is 3. The zero-order valence-electron chi connectivity index (χ0n) is 42.7. The number of rotatable bonds is 47. The van der Waals surface area contributed by atoms with Gasteiger partial charge in [-0.2, -0.15) is 0 Å². The first-order valence-electron chi connectivity index (χ1n) is 26.9. The average molecular weight is 915 g/mol. The molecule has 1 unspecified atom stereocenters. The summed E-state index contributed by atoms with van der Waals surface area (Å²) >= 11 is 0. The van der Waals surface area contributed by atoms with E-state index < -0.39 is 6.10 Å². The van der Waals surface area contributed by atoms with E-state index in [9.17, 15) is 14.4 Å². The molecule has 0 aliphatic rings. The highest BCUT2D eigenvalue weighted by Gasteiger charge is 2.19. The standard InChI is InChI=1S/C60H98O6/c1-4-7-10-13-16-19-22-25-27-28-29-30-31-32-34-35-38-41-44-47-50-53-59(62)65-56-57(55-64-58(61)52-49-46-43-40-37-24-21-18-15-12-9-6-3)66-60(63)54-51-48-45-42-39-36-33-26-23-20-17-14-11-8-5-2/h7-8,10-11,16-17,19-20,25-27,29-30,32-34,38,41,57H,4-6,9,12-15,18,21-24,28,31,35-37,39-40,42-56H2,1-3H3/b10-7-,11-8-,19-16-,20-17-,27-25-,30-29-,33-26-,34-32-,41-38-. The molecule has 0 rings (SSSR count). The monoisotopic (exact) mass is 915 g/mol. The van der Waals surface area contributed by atoms with Crippen LogP contribution in [-0.2, 0) is 28.6 Å². The fourth-order valence-electron chi connectivity index (χ4n) is 7.05. The maximum atomic E-state index is 12.8. The van der Waals surface area contributed by atoms with Crippen LogP contribution in [0.5, 0.6) is 0 Å². The molecule has 0 aromatic carbocycles. The summed E-state index contributed by atoms with van der Waals surface area (Å²) in [6, 6.07) is 0. The lowest BCUT2D eigenvalue weighted by atomic mass is 10.0. The molecule has 6 nitrogen and oxygen atoms in total. The Morgan fingerprint density at radius 2 is 0.591 bits per heavy atom. The summed E-state index contributed by atoms with van der Waals surface area (Å²) in [5, 5.41) is 0. The molecule has 374 valence electrons. The SMILES string of the molecule is CC/C=C\C/C=C\C/C=C\C/C=C\C/C=C\C/C=C\CCCCC(=O)OCC(COC(=O)CCCCCCCCCCCCCC)OC(=O)CCCCCCC/C=C\C/C=C\C/C=C\CC. The van der Waals surface area contributed by atoms with Gasteiger partial charge in [0.25, 0.3) is 0 Å². The van der Waals surface area contributed by atoms with Crippen molar-refractivity contribution >= 4 is 17.9 Å². The van der Waals surface area contributed by atoms with Gasteiger partial charge in [-0.1, -0.05) is 220 Å². The molecule has 0 aromatic rings. The van der Waals surface area contributed by atoms with Crippen LogP contribution in [0.2, 0.25) is 0 Å². The Balaban J connectivity index is 4.48. The van der Waals surface area contributed by atoms with Gasteiger partial charge in [-0.3, -0.25) is 14.4 Å². The lowest BCUT2D eigenvalue weighted by Crippen LogP contribution is -2.30. The Kier molecular flexibility index (Phi) is 50.5. The minimum Gasteiger partial charge on any atom is -0.462 e. The summed E-state index contributed by atoms with van der Waals surface area (Å²) in [6.45, 7) is 6.35. The predicted molar refractivity (Wildman–Crippen MR) is 283 cm³/mol. The first-order chi connectivity index (χ1) is 32.5. The van der Waals surface area contributed by atoms with Crippen LogP contribution in [0, 0.1) is 0 Å². The Morgan fingerprint density at radius 1 is 0.318 bits per heavy atom. The quantitative estimate of drug-likeness (QED) is 0.0262. The summed E-state index contributed by atoms with van der Waals surface area (Å²) in [4.78, 5) is 38.0. The topological polar surface area (TPSA) is 78.9 Å². The molecular formula is C60H98O6. The highest BCUT2D eigenvalue weighted by Crippen LogP contribution is 2.14. The smallest absolute Gasteiger partial charge is 0.306 e. The van der Waals surface area contributed by atoms with E-state index in [1.165, 1.54) is 57.8 Å². The third-order valence-electron chi connectivity index (χ3n) is 11.0. The molecule has 6 heteroatoms. The second-order valence-electron chi connectivity index (χ2n) is 17.4. The third-order valence-corrected chi connectivity index (χ3v) is 11.0. The van der Waals surface area contributed by atoms with Crippen LogP contribution in [-0.4, -0.2) is 37.2 Å². The highest BCUT2D eigenvalue weighted by molar-refractivity contribution is 5.71. The molecule has 0 radical (unpaired) electrons. The van der Waals surface area contributed by atoms with Crippen LogP contribution in [0.3, 0.4) is 0 Å².